The summed E-state index contributed by atoms with van der Waals surface area (Å²) in [4.78, 5) is 4.05. The molecule has 0 saturated heterocycles. The van der Waals surface area contributed by atoms with Gasteiger partial charge in [0.15, 0.2) is 0 Å². The lowest BCUT2D eigenvalue weighted by Gasteiger charge is -2.16. The van der Waals surface area contributed by atoms with Gasteiger partial charge in [0.2, 0.25) is 5.92 Å². The largest absolute Gasteiger partial charge is 0.388 e. The lowest BCUT2D eigenvalue weighted by molar-refractivity contribution is 0.00254. The topological polar surface area (TPSA) is 33.1 Å². The van der Waals surface area contributed by atoms with Crippen molar-refractivity contribution in [2.75, 3.05) is 0 Å². The van der Waals surface area contributed by atoms with Crippen LogP contribution in [0.25, 0.3) is 0 Å². The van der Waals surface area contributed by atoms with Crippen LogP contribution in [0.2, 0.25) is 0 Å². The van der Waals surface area contributed by atoms with E-state index in [4.69, 9.17) is 0 Å². The van der Waals surface area contributed by atoms with Crippen LogP contribution in [0.5, 0.6) is 0 Å². The maximum atomic E-state index is 13.0. The second kappa shape index (κ2) is 4.69. The summed E-state index contributed by atoms with van der Waals surface area (Å²) in [6.45, 7) is 1.85. The molecule has 0 bridgehead atoms. The maximum absolute atomic E-state index is 13.0. The first-order valence-corrected chi connectivity index (χ1v) is 5.95. The van der Waals surface area contributed by atoms with E-state index in [2.05, 4.69) is 4.98 Å². The molecule has 0 aliphatic heterocycles. The van der Waals surface area contributed by atoms with Crippen LogP contribution in [0.1, 0.15) is 43.0 Å². The molecule has 2 atom stereocenters. The lowest BCUT2D eigenvalue weighted by atomic mass is 9.96. The van der Waals surface area contributed by atoms with Crippen molar-refractivity contribution in [2.45, 2.75) is 44.6 Å². The first-order valence-electron chi connectivity index (χ1n) is 5.95. The number of aryl methyl sites for hydroxylation is 1. The molecule has 2 unspecified atom stereocenters. The Kier molecular flexibility index (Phi) is 3.43. The highest BCUT2D eigenvalue weighted by Crippen LogP contribution is 2.42. The minimum absolute atomic E-state index is 0.0419. The first kappa shape index (κ1) is 12.4. The van der Waals surface area contributed by atoms with Gasteiger partial charge in [0.25, 0.3) is 0 Å². The van der Waals surface area contributed by atoms with Crippen LogP contribution in [0, 0.1) is 12.8 Å². The number of aliphatic hydroxyl groups excluding tert-OH is 1. The highest BCUT2D eigenvalue weighted by Gasteiger charge is 2.39. The molecule has 1 aromatic rings. The molecule has 1 aliphatic rings. The number of aliphatic hydroxyl groups is 1. The minimum Gasteiger partial charge on any atom is -0.388 e. The van der Waals surface area contributed by atoms with Crippen LogP contribution < -0.4 is 0 Å². The van der Waals surface area contributed by atoms with Crippen molar-refractivity contribution in [3.8, 4) is 0 Å². The molecule has 0 spiro atoms. The molecule has 4 heteroatoms. The van der Waals surface area contributed by atoms with Gasteiger partial charge in [0.05, 0.1) is 6.10 Å². The van der Waals surface area contributed by atoms with Crippen LogP contribution in [0.4, 0.5) is 8.78 Å². The summed E-state index contributed by atoms with van der Waals surface area (Å²) in [5.41, 5.74) is 1.60. The summed E-state index contributed by atoms with van der Waals surface area (Å²) >= 11 is 0. The Morgan fingerprint density at radius 3 is 2.94 bits per heavy atom. The number of halogens is 2. The van der Waals surface area contributed by atoms with Crippen molar-refractivity contribution in [1.29, 1.82) is 0 Å². The monoisotopic (exact) mass is 241 g/mol. The zero-order chi connectivity index (χ0) is 12.5. The summed E-state index contributed by atoms with van der Waals surface area (Å²) in [6, 6.07) is 3.54. The van der Waals surface area contributed by atoms with Crippen molar-refractivity contribution in [3.63, 3.8) is 0 Å². The Morgan fingerprint density at radius 2 is 2.35 bits per heavy atom. The number of hydrogen-bond donors (Lipinski definition) is 1. The van der Waals surface area contributed by atoms with Gasteiger partial charge in [-0.1, -0.05) is 0 Å². The Bertz CT molecular complexity index is 395. The van der Waals surface area contributed by atoms with Crippen molar-refractivity contribution in [2.24, 2.45) is 5.92 Å². The molecule has 1 saturated carbocycles. The SMILES string of the molecule is Cc1cc(C(O)CC2CCC(F)(F)C2)ccn1. The van der Waals surface area contributed by atoms with Crippen LogP contribution >= 0.6 is 0 Å². The highest BCUT2D eigenvalue weighted by molar-refractivity contribution is 5.18. The smallest absolute Gasteiger partial charge is 0.248 e. The summed E-state index contributed by atoms with van der Waals surface area (Å²) < 4.78 is 26.0. The van der Waals surface area contributed by atoms with Crippen LogP contribution in [0.3, 0.4) is 0 Å². The molecular formula is C13H17F2NO. The van der Waals surface area contributed by atoms with E-state index in [1.807, 2.05) is 6.92 Å². The molecule has 1 aliphatic carbocycles. The summed E-state index contributed by atoms with van der Waals surface area (Å²) in [6.07, 6.45) is 1.77. The van der Waals surface area contributed by atoms with Gasteiger partial charge in [-0.15, -0.1) is 0 Å². The zero-order valence-corrected chi connectivity index (χ0v) is 9.87. The van der Waals surface area contributed by atoms with Gasteiger partial charge in [0, 0.05) is 24.7 Å². The molecule has 0 aromatic carbocycles. The fraction of sp³-hybridized carbons (Fsp3) is 0.615. The molecule has 2 nitrogen and oxygen atoms in total. The van der Waals surface area contributed by atoms with Crippen molar-refractivity contribution < 1.29 is 13.9 Å². The molecule has 1 aromatic heterocycles. The summed E-state index contributed by atoms with van der Waals surface area (Å²) in [5, 5.41) is 10.0. The zero-order valence-electron chi connectivity index (χ0n) is 9.87. The Hall–Kier alpha value is -1.03. The van der Waals surface area contributed by atoms with Crippen molar-refractivity contribution >= 4 is 0 Å². The van der Waals surface area contributed by atoms with E-state index >= 15 is 0 Å². The Labute approximate surface area is 99.7 Å². The second-order valence-corrected chi connectivity index (χ2v) is 4.95. The first-order chi connectivity index (χ1) is 7.96. The average molecular weight is 241 g/mol. The Balaban J connectivity index is 1.96. The van der Waals surface area contributed by atoms with E-state index < -0.39 is 12.0 Å². The molecule has 94 valence electrons. The Morgan fingerprint density at radius 1 is 1.59 bits per heavy atom. The number of rotatable bonds is 3. The van der Waals surface area contributed by atoms with Crippen LogP contribution in [0.15, 0.2) is 18.3 Å². The molecule has 1 heterocycles. The fourth-order valence-corrected chi connectivity index (χ4v) is 2.47. The molecular weight excluding hydrogens is 224 g/mol. The molecule has 0 amide bonds. The van der Waals surface area contributed by atoms with Crippen LogP contribution in [-0.2, 0) is 0 Å². The van der Waals surface area contributed by atoms with E-state index in [1.165, 1.54) is 0 Å². The van der Waals surface area contributed by atoms with Crippen LogP contribution in [-0.4, -0.2) is 16.0 Å². The van der Waals surface area contributed by atoms with Gasteiger partial charge in [-0.05, 0) is 43.4 Å². The number of alkyl halides is 2. The van der Waals surface area contributed by atoms with Gasteiger partial charge in [-0.25, -0.2) is 8.78 Å². The predicted molar refractivity (Wildman–Crippen MR) is 60.8 cm³/mol. The third kappa shape index (κ3) is 3.22. The van der Waals surface area contributed by atoms with Gasteiger partial charge in [-0.2, -0.15) is 0 Å². The van der Waals surface area contributed by atoms with E-state index in [1.54, 1.807) is 18.3 Å². The van der Waals surface area contributed by atoms with E-state index in [-0.39, 0.29) is 18.8 Å². The number of aromatic nitrogens is 1. The van der Waals surface area contributed by atoms with Gasteiger partial charge < -0.3 is 5.11 Å². The van der Waals surface area contributed by atoms with E-state index in [9.17, 15) is 13.9 Å². The number of pyridine rings is 1. The standard InChI is InChI=1S/C13H17F2NO/c1-9-6-11(3-5-16-9)12(17)7-10-2-4-13(14,15)8-10/h3,5-6,10,12,17H,2,4,7-8H2,1H3. The fourth-order valence-electron chi connectivity index (χ4n) is 2.47. The normalized spacial score (nSPS) is 24.8. The minimum atomic E-state index is -2.53. The van der Waals surface area contributed by atoms with Crippen molar-refractivity contribution in [3.05, 3.63) is 29.6 Å². The van der Waals surface area contributed by atoms with E-state index in [0.29, 0.717) is 12.8 Å². The summed E-state index contributed by atoms with van der Waals surface area (Å²) in [7, 11) is 0. The quantitative estimate of drug-likeness (QED) is 0.881. The highest BCUT2D eigenvalue weighted by atomic mass is 19.3. The predicted octanol–water partition coefficient (Wildman–Crippen LogP) is 3.25. The second-order valence-electron chi connectivity index (χ2n) is 4.95. The molecule has 1 fully saturated rings. The molecule has 1 N–H and O–H groups in total. The van der Waals surface area contributed by atoms with Gasteiger partial charge >= 0.3 is 0 Å². The summed E-state index contributed by atoms with van der Waals surface area (Å²) in [5.74, 6) is -2.60. The molecule has 2 rings (SSSR count). The third-order valence-corrected chi connectivity index (χ3v) is 3.37. The molecule has 17 heavy (non-hydrogen) atoms. The maximum Gasteiger partial charge on any atom is 0.248 e. The lowest BCUT2D eigenvalue weighted by Crippen LogP contribution is -2.11. The van der Waals surface area contributed by atoms with E-state index in [0.717, 1.165) is 11.3 Å². The number of nitrogens with zero attached hydrogens (tertiary/aromatic N) is 1. The molecule has 0 radical (unpaired) electrons. The van der Waals surface area contributed by atoms with Gasteiger partial charge in [-0.3, -0.25) is 4.98 Å². The average Bonchev–Trinajstić information content (AvgIpc) is 2.58. The van der Waals surface area contributed by atoms with Crippen molar-refractivity contribution in [1.82, 2.24) is 4.98 Å². The van der Waals surface area contributed by atoms with Gasteiger partial charge in [0.1, 0.15) is 0 Å². The number of hydrogen-bond acceptors (Lipinski definition) is 2. The third-order valence-electron chi connectivity index (χ3n) is 3.37.